The lowest BCUT2D eigenvalue weighted by atomic mass is 10.1. The maximum absolute atomic E-state index is 4.40. The molecule has 2 heterocycles. The molecular formula is C8H10N2. The first kappa shape index (κ1) is 5.71. The smallest absolute Gasteiger partial charge is 0.128 e. The molecule has 10 heavy (non-hydrogen) atoms. The maximum atomic E-state index is 4.40. The minimum absolute atomic E-state index is 0.282. The van der Waals surface area contributed by atoms with Crippen LogP contribution in [-0.2, 0) is 0 Å². The average Bonchev–Trinajstić information content (AvgIpc) is 2.33. The Morgan fingerprint density at radius 1 is 1.50 bits per heavy atom. The number of dihydropyridines is 1. The molecule has 0 spiro atoms. The highest BCUT2D eigenvalue weighted by Crippen LogP contribution is 2.18. The van der Waals surface area contributed by atoms with E-state index in [2.05, 4.69) is 28.5 Å². The molecule has 2 atom stereocenters. The van der Waals surface area contributed by atoms with Gasteiger partial charge in [0.05, 0.1) is 0 Å². The molecule has 2 unspecified atom stereocenters. The van der Waals surface area contributed by atoms with Gasteiger partial charge in [0.25, 0.3) is 0 Å². The first-order chi connectivity index (χ1) is 4.86. The van der Waals surface area contributed by atoms with Crippen molar-refractivity contribution in [3.8, 4) is 0 Å². The summed E-state index contributed by atoms with van der Waals surface area (Å²) in [7, 11) is 0. The van der Waals surface area contributed by atoms with Gasteiger partial charge in [-0.1, -0.05) is 12.2 Å². The van der Waals surface area contributed by atoms with Crippen LogP contribution in [0.4, 0.5) is 0 Å². The second-order valence-electron chi connectivity index (χ2n) is 2.68. The number of rotatable bonds is 0. The van der Waals surface area contributed by atoms with E-state index in [0.717, 1.165) is 5.71 Å². The van der Waals surface area contributed by atoms with Crippen LogP contribution in [0.2, 0.25) is 0 Å². The van der Waals surface area contributed by atoms with Crippen molar-refractivity contribution in [2.24, 2.45) is 10.9 Å². The monoisotopic (exact) mass is 134 g/mol. The first-order valence-electron chi connectivity index (χ1n) is 3.51. The Hall–Kier alpha value is -1.05. The van der Waals surface area contributed by atoms with Crippen molar-refractivity contribution in [3.63, 3.8) is 0 Å². The summed E-state index contributed by atoms with van der Waals surface area (Å²) in [5.74, 6) is 0.490. The fraction of sp³-hybridized carbons (Fsp3) is 0.375. The average molecular weight is 134 g/mol. The number of nitrogens with zero attached hydrogens (tertiary/aromatic N) is 1. The van der Waals surface area contributed by atoms with Crippen LogP contribution in [0.5, 0.6) is 0 Å². The summed E-state index contributed by atoms with van der Waals surface area (Å²) in [6.45, 7) is 2.02. The van der Waals surface area contributed by atoms with Crippen LogP contribution in [0.3, 0.4) is 0 Å². The van der Waals surface area contributed by atoms with Gasteiger partial charge in [-0.2, -0.15) is 0 Å². The van der Waals surface area contributed by atoms with Gasteiger partial charge in [0, 0.05) is 11.6 Å². The molecule has 0 fully saturated rings. The molecule has 0 aromatic carbocycles. The molecule has 0 saturated heterocycles. The molecule has 1 N–H and O–H groups in total. The maximum Gasteiger partial charge on any atom is 0.128 e. The van der Waals surface area contributed by atoms with E-state index < -0.39 is 0 Å². The van der Waals surface area contributed by atoms with E-state index >= 15 is 0 Å². The van der Waals surface area contributed by atoms with Crippen molar-refractivity contribution in [3.05, 3.63) is 24.4 Å². The van der Waals surface area contributed by atoms with Crippen LogP contribution in [0.1, 0.15) is 6.92 Å². The number of fused-ring (bicyclic) bond motifs is 1. The van der Waals surface area contributed by atoms with Gasteiger partial charge < -0.3 is 5.32 Å². The second kappa shape index (κ2) is 1.97. The van der Waals surface area contributed by atoms with Gasteiger partial charge >= 0.3 is 0 Å². The lowest BCUT2D eigenvalue weighted by Gasteiger charge is -2.16. The Morgan fingerprint density at radius 2 is 2.40 bits per heavy atom. The lowest BCUT2D eigenvalue weighted by Crippen LogP contribution is -2.26. The summed E-state index contributed by atoms with van der Waals surface area (Å²) in [5, 5.41) is 3.17. The SMILES string of the molecule is CC1=NC2NC=CC2C=C1. The molecule has 2 aliphatic heterocycles. The van der Waals surface area contributed by atoms with Gasteiger partial charge in [0.2, 0.25) is 0 Å². The van der Waals surface area contributed by atoms with E-state index in [-0.39, 0.29) is 6.17 Å². The van der Waals surface area contributed by atoms with Crippen molar-refractivity contribution in [1.82, 2.24) is 5.32 Å². The third-order valence-corrected chi connectivity index (χ3v) is 1.85. The van der Waals surface area contributed by atoms with Gasteiger partial charge in [-0.3, -0.25) is 4.99 Å². The van der Waals surface area contributed by atoms with Gasteiger partial charge in [-0.15, -0.1) is 0 Å². The normalized spacial score (nSPS) is 35.1. The zero-order valence-electron chi connectivity index (χ0n) is 5.91. The van der Waals surface area contributed by atoms with E-state index in [4.69, 9.17) is 0 Å². The largest absolute Gasteiger partial charge is 0.369 e. The molecule has 2 nitrogen and oxygen atoms in total. The van der Waals surface area contributed by atoms with Gasteiger partial charge in [-0.05, 0) is 19.2 Å². The standard InChI is InChI=1S/C8H10N2/c1-6-2-3-7-4-5-9-8(7)10-6/h2-5,7-9H,1H3. The van der Waals surface area contributed by atoms with Gasteiger partial charge in [0.1, 0.15) is 6.17 Å². The minimum atomic E-state index is 0.282. The van der Waals surface area contributed by atoms with Gasteiger partial charge in [0.15, 0.2) is 0 Å². The van der Waals surface area contributed by atoms with Crippen LogP contribution in [0.25, 0.3) is 0 Å². The number of nitrogens with one attached hydrogen (secondary N) is 1. The molecular weight excluding hydrogens is 124 g/mol. The molecule has 2 rings (SSSR count). The molecule has 52 valence electrons. The predicted molar refractivity (Wildman–Crippen MR) is 41.8 cm³/mol. The third-order valence-electron chi connectivity index (χ3n) is 1.85. The van der Waals surface area contributed by atoms with Crippen LogP contribution >= 0.6 is 0 Å². The van der Waals surface area contributed by atoms with Crippen molar-refractivity contribution in [2.45, 2.75) is 13.1 Å². The van der Waals surface area contributed by atoms with Gasteiger partial charge in [-0.25, -0.2) is 0 Å². The molecule has 0 bridgehead atoms. The van der Waals surface area contributed by atoms with E-state index in [1.807, 2.05) is 13.1 Å². The Labute approximate surface area is 60.3 Å². The van der Waals surface area contributed by atoms with E-state index in [1.165, 1.54) is 0 Å². The van der Waals surface area contributed by atoms with Crippen LogP contribution < -0.4 is 5.32 Å². The number of hydrogen-bond donors (Lipinski definition) is 1. The molecule has 0 amide bonds. The fourth-order valence-electron chi connectivity index (χ4n) is 1.29. The predicted octanol–water partition coefficient (Wildman–Crippen LogP) is 1.08. The molecule has 0 aromatic rings. The van der Waals surface area contributed by atoms with Crippen LogP contribution in [-0.4, -0.2) is 11.9 Å². The minimum Gasteiger partial charge on any atom is -0.369 e. The van der Waals surface area contributed by atoms with Crippen molar-refractivity contribution >= 4 is 5.71 Å². The Bertz CT molecular complexity index is 225. The van der Waals surface area contributed by atoms with Crippen LogP contribution in [0.15, 0.2) is 29.4 Å². The highest BCUT2D eigenvalue weighted by molar-refractivity contribution is 5.93. The lowest BCUT2D eigenvalue weighted by molar-refractivity contribution is 0.569. The fourth-order valence-corrected chi connectivity index (χ4v) is 1.29. The molecule has 0 radical (unpaired) electrons. The summed E-state index contributed by atoms with van der Waals surface area (Å²) in [6.07, 6.45) is 8.64. The van der Waals surface area contributed by atoms with E-state index in [0.29, 0.717) is 5.92 Å². The highest BCUT2D eigenvalue weighted by atomic mass is 15.1. The summed E-state index contributed by atoms with van der Waals surface area (Å²) < 4.78 is 0. The Kier molecular flexibility index (Phi) is 1.13. The quantitative estimate of drug-likeness (QED) is 0.526. The van der Waals surface area contributed by atoms with Crippen LogP contribution in [0, 0.1) is 5.92 Å². The molecule has 0 aromatic heterocycles. The second-order valence-corrected chi connectivity index (χ2v) is 2.68. The number of aliphatic imine (C=N–C) groups is 1. The zero-order chi connectivity index (χ0) is 6.97. The molecule has 0 aliphatic carbocycles. The Balaban J connectivity index is 2.25. The Morgan fingerprint density at radius 3 is 3.30 bits per heavy atom. The number of allylic oxidation sites excluding steroid dienone is 1. The summed E-state index contributed by atoms with van der Waals surface area (Å²) in [6, 6.07) is 0. The molecule has 2 heteroatoms. The number of hydrogen-bond acceptors (Lipinski definition) is 2. The molecule has 2 aliphatic rings. The molecule has 0 saturated carbocycles. The third kappa shape index (κ3) is 0.764. The summed E-state index contributed by atoms with van der Waals surface area (Å²) in [5.41, 5.74) is 1.11. The van der Waals surface area contributed by atoms with E-state index in [1.54, 1.807) is 0 Å². The summed E-state index contributed by atoms with van der Waals surface area (Å²) >= 11 is 0. The van der Waals surface area contributed by atoms with Crippen molar-refractivity contribution in [1.29, 1.82) is 0 Å². The van der Waals surface area contributed by atoms with Crippen molar-refractivity contribution in [2.75, 3.05) is 0 Å². The first-order valence-corrected chi connectivity index (χ1v) is 3.51. The topological polar surface area (TPSA) is 24.4 Å². The highest BCUT2D eigenvalue weighted by Gasteiger charge is 2.20. The zero-order valence-corrected chi connectivity index (χ0v) is 5.91. The van der Waals surface area contributed by atoms with E-state index in [9.17, 15) is 0 Å². The summed E-state index contributed by atoms with van der Waals surface area (Å²) in [4.78, 5) is 4.40. The van der Waals surface area contributed by atoms with Crippen molar-refractivity contribution < 1.29 is 0 Å².